The lowest BCUT2D eigenvalue weighted by Crippen LogP contribution is -2.36. The van der Waals surface area contributed by atoms with Crippen LogP contribution in [0.15, 0.2) is 53.0 Å². The van der Waals surface area contributed by atoms with Crippen molar-refractivity contribution in [2.75, 3.05) is 0 Å². The normalized spacial score (nSPS) is 17.6. The highest BCUT2D eigenvalue weighted by molar-refractivity contribution is 9.10. The quantitative estimate of drug-likeness (QED) is 0.878. The second kappa shape index (κ2) is 4.46. The molecule has 0 spiro atoms. The van der Waals surface area contributed by atoms with E-state index in [0.717, 1.165) is 10.0 Å². The van der Waals surface area contributed by atoms with Crippen LogP contribution in [-0.4, -0.2) is 5.91 Å². The number of para-hydroxylation sites is 1. The lowest BCUT2D eigenvalue weighted by molar-refractivity contribution is 0.0756. The van der Waals surface area contributed by atoms with Gasteiger partial charge in [-0.05, 0) is 24.3 Å². The number of nitrogens with one attached hydrogen (secondary N) is 1. The standard InChI is InChI=1S/C14H10BrNO2/c15-10-5-3-4-9(8-10)14-16-13(17)11-6-1-2-7-12(11)18-14/h1-8,14H,(H,16,17). The second-order valence-corrected chi connectivity index (χ2v) is 4.94. The molecule has 18 heavy (non-hydrogen) atoms. The van der Waals surface area contributed by atoms with E-state index in [-0.39, 0.29) is 5.91 Å². The summed E-state index contributed by atoms with van der Waals surface area (Å²) in [6.45, 7) is 0. The maximum Gasteiger partial charge on any atom is 0.258 e. The summed E-state index contributed by atoms with van der Waals surface area (Å²) in [5.41, 5.74) is 1.48. The van der Waals surface area contributed by atoms with Gasteiger partial charge in [-0.15, -0.1) is 0 Å². The third-order valence-corrected chi connectivity index (χ3v) is 3.28. The number of carbonyl (C=O) groups is 1. The summed E-state index contributed by atoms with van der Waals surface area (Å²) in [5.74, 6) is 0.507. The van der Waals surface area contributed by atoms with Gasteiger partial charge in [-0.3, -0.25) is 4.79 Å². The van der Waals surface area contributed by atoms with Crippen LogP contribution in [0.25, 0.3) is 0 Å². The van der Waals surface area contributed by atoms with Crippen LogP contribution in [0.4, 0.5) is 0 Å². The molecule has 1 aliphatic rings. The van der Waals surface area contributed by atoms with Crippen LogP contribution in [0, 0.1) is 0 Å². The van der Waals surface area contributed by atoms with Crippen LogP contribution in [0.3, 0.4) is 0 Å². The predicted molar refractivity (Wildman–Crippen MR) is 71.4 cm³/mol. The number of amides is 1. The fourth-order valence-electron chi connectivity index (χ4n) is 1.93. The lowest BCUT2D eigenvalue weighted by atomic mass is 10.1. The van der Waals surface area contributed by atoms with Gasteiger partial charge in [0.25, 0.3) is 5.91 Å². The van der Waals surface area contributed by atoms with E-state index in [1.807, 2.05) is 36.4 Å². The molecule has 0 saturated heterocycles. The summed E-state index contributed by atoms with van der Waals surface area (Å²) >= 11 is 3.41. The van der Waals surface area contributed by atoms with Crippen molar-refractivity contribution in [2.45, 2.75) is 6.23 Å². The van der Waals surface area contributed by atoms with E-state index in [2.05, 4.69) is 21.2 Å². The first-order valence-electron chi connectivity index (χ1n) is 5.56. The molecule has 2 aromatic carbocycles. The zero-order valence-electron chi connectivity index (χ0n) is 9.39. The van der Waals surface area contributed by atoms with Crippen LogP contribution in [0.2, 0.25) is 0 Å². The zero-order chi connectivity index (χ0) is 12.5. The molecule has 3 rings (SSSR count). The van der Waals surface area contributed by atoms with Gasteiger partial charge < -0.3 is 10.1 Å². The van der Waals surface area contributed by atoms with Crippen molar-refractivity contribution < 1.29 is 9.53 Å². The fourth-order valence-corrected chi connectivity index (χ4v) is 2.35. The lowest BCUT2D eigenvalue weighted by Gasteiger charge is -2.27. The van der Waals surface area contributed by atoms with E-state index in [4.69, 9.17) is 4.74 Å². The first kappa shape index (κ1) is 11.3. The number of ether oxygens (including phenoxy) is 1. The SMILES string of the molecule is O=C1NC(c2cccc(Br)c2)Oc2ccccc21. The molecule has 1 unspecified atom stereocenters. The molecule has 0 fully saturated rings. The monoisotopic (exact) mass is 303 g/mol. The Morgan fingerprint density at radius 2 is 1.94 bits per heavy atom. The minimum Gasteiger partial charge on any atom is -0.466 e. The molecule has 1 amide bonds. The Balaban J connectivity index is 1.97. The summed E-state index contributed by atoms with van der Waals surface area (Å²) in [4.78, 5) is 12.0. The van der Waals surface area contributed by atoms with Gasteiger partial charge in [0.1, 0.15) is 5.75 Å². The molecular formula is C14H10BrNO2. The molecule has 1 atom stereocenters. The van der Waals surface area contributed by atoms with Crippen LogP contribution in [0.5, 0.6) is 5.75 Å². The van der Waals surface area contributed by atoms with Crippen LogP contribution < -0.4 is 10.1 Å². The maximum absolute atomic E-state index is 12.0. The van der Waals surface area contributed by atoms with Crippen LogP contribution in [0.1, 0.15) is 22.1 Å². The third kappa shape index (κ3) is 1.99. The summed E-state index contributed by atoms with van der Waals surface area (Å²) in [5, 5.41) is 2.83. The minimum atomic E-state index is -0.440. The Labute approximate surface area is 113 Å². The molecule has 3 nitrogen and oxygen atoms in total. The van der Waals surface area contributed by atoms with Gasteiger partial charge >= 0.3 is 0 Å². The molecule has 0 aliphatic carbocycles. The van der Waals surface area contributed by atoms with Gasteiger partial charge in [-0.2, -0.15) is 0 Å². The minimum absolute atomic E-state index is 0.109. The molecule has 0 saturated carbocycles. The van der Waals surface area contributed by atoms with Gasteiger partial charge in [0, 0.05) is 10.0 Å². The maximum atomic E-state index is 12.0. The van der Waals surface area contributed by atoms with Gasteiger partial charge in [0.15, 0.2) is 6.23 Å². The van der Waals surface area contributed by atoms with Crippen molar-refractivity contribution >= 4 is 21.8 Å². The van der Waals surface area contributed by atoms with E-state index >= 15 is 0 Å². The predicted octanol–water partition coefficient (Wildman–Crippen LogP) is 3.27. The summed E-state index contributed by atoms with van der Waals surface area (Å²) in [6.07, 6.45) is -0.440. The summed E-state index contributed by atoms with van der Waals surface area (Å²) in [6, 6.07) is 14.9. The van der Waals surface area contributed by atoms with Crippen molar-refractivity contribution in [1.82, 2.24) is 5.32 Å². The molecule has 0 aromatic heterocycles. The largest absolute Gasteiger partial charge is 0.466 e. The van der Waals surface area contributed by atoms with E-state index in [9.17, 15) is 4.79 Å². The van der Waals surface area contributed by atoms with Gasteiger partial charge in [-0.25, -0.2) is 0 Å². The number of carbonyl (C=O) groups excluding carboxylic acids is 1. The van der Waals surface area contributed by atoms with Crippen LogP contribution >= 0.6 is 15.9 Å². The van der Waals surface area contributed by atoms with Crippen molar-refractivity contribution in [3.8, 4) is 5.75 Å². The second-order valence-electron chi connectivity index (χ2n) is 4.02. The highest BCUT2D eigenvalue weighted by Crippen LogP contribution is 2.29. The molecule has 1 heterocycles. The average Bonchev–Trinajstić information content (AvgIpc) is 2.39. The number of benzene rings is 2. The smallest absolute Gasteiger partial charge is 0.258 e. The van der Waals surface area contributed by atoms with Crippen molar-refractivity contribution in [2.24, 2.45) is 0 Å². The van der Waals surface area contributed by atoms with Crippen molar-refractivity contribution in [3.05, 3.63) is 64.1 Å². The Kier molecular flexibility index (Phi) is 2.80. The average molecular weight is 304 g/mol. The van der Waals surface area contributed by atoms with Crippen LogP contribution in [-0.2, 0) is 0 Å². The van der Waals surface area contributed by atoms with Crippen molar-refractivity contribution in [3.63, 3.8) is 0 Å². The molecule has 0 bridgehead atoms. The molecule has 2 aromatic rings. The topological polar surface area (TPSA) is 38.3 Å². The molecule has 0 radical (unpaired) electrons. The third-order valence-electron chi connectivity index (χ3n) is 2.79. The number of hydrogen-bond acceptors (Lipinski definition) is 2. The number of hydrogen-bond donors (Lipinski definition) is 1. The highest BCUT2D eigenvalue weighted by Gasteiger charge is 2.25. The molecular weight excluding hydrogens is 294 g/mol. The summed E-state index contributed by atoms with van der Waals surface area (Å²) < 4.78 is 6.75. The number of rotatable bonds is 1. The van der Waals surface area contributed by atoms with E-state index < -0.39 is 6.23 Å². The Hall–Kier alpha value is -1.81. The van der Waals surface area contributed by atoms with E-state index in [1.165, 1.54) is 0 Å². The Morgan fingerprint density at radius 1 is 1.11 bits per heavy atom. The first-order chi connectivity index (χ1) is 8.74. The van der Waals surface area contributed by atoms with Gasteiger partial charge in [-0.1, -0.05) is 40.2 Å². The van der Waals surface area contributed by atoms with Gasteiger partial charge in [0.05, 0.1) is 5.56 Å². The molecule has 90 valence electrons. The first-order valence-corrected chi connectivity index (χ1v) is 6.35. The Bertz CT molecular complexity index is 612. The van der Waals surface area contributed by atoms with Crippen molar-refractivity contribution in [1.29, 1.82) is 0 Å². The van der Waals surface area contributed by atoms with Gasteiger partial charge in [0.2, 0.25) is 0 Å². The molecule has 1 aliphatic heterocycles. The summed E-state index contributed by atoms with van der Waals surface area (Å²) in [7, 11) is 0. The Morgan fingerprint density at radius 3 is 2.78 bits per heavy atom. The molecule has 1 N–H and O–H groups in total. The van der Waals surface area contributed by atoms with E-state index in [0.29, 0.717) is 11.3 Å². The fraction of sp³-hybridized carbons (Fsp3) is 0.0714. The van der Waals surface area contributed by atoms with E-state index in [1.54, 1.807) is 12.1 Å². The highest BCUT2D eigenvalue weighted by atomic mass is 79.9. The number of fused-ring (bicyclic) bond motifs is 1. The molecule has 4 heteroatoms. The number of halogens is 1. The zero-order valence-corrected chi connectivity index (χ0v) is 11.0.